The summed E-state index contributed by atoms with van der Waals surface area (Å²) in [5.74, 6) is 1.22. The largest absolute Gasteiger partial charge is 0.130 e. The normalized spacial score (nSPS) is 10.5. The molecule has 0 heterocycles. The molecule has 0 N–H and O–H groups in total. The van der Waals surface area contributed by atoms with E-state index in [0.717, 1.165) is 0 Å². The summed E-state index contributed by atoms with van der Waals surface area (Å²) < 4.78 is 0. The van der Waals surface area contributed by atoms with Crippen LogP contribution in [0.1, 0.15) is 19.8 Å². The van der Waals surface area contributed by atoms with Crippen LogP contribution in [0, 0.1) is 0 Å². The molecule has 0 aliphatic heterocycles. The molecule has 0 aliphatic carbocycles. The minimum atomic E-state index is -0.307. The average Bonchev–Trinajstić information content (AvgIpc) is 1.66. The lowest BCUT2D eigenvalue weighted by Gasteiger charge is -1.99. The van der Waals surface area contributed by atoms with E-state index < -0.39 is 0 Å². The SMILES string of the molecule is CCCCSP(S)S. The van der Waals surface area contributed by atoms with Gasteiger partial charge in [0.05, 0.1) is 5.53 Å². The predicted octanol–water partition coefficient (Wildman–Crippen LogP) is 3.61. The first-order valence-corrected chi connectivity index (χ1v) is 7.82. The van der Waals surface area contributed by atoms with Crippen LogP contribution >= 0.6 is 41.4 Å². The fraction of sp³-hybridized carbons (Fsp3) is 1.00. The Kier molecular flexibility index (Phi) is 7.82. The van der Waals surface area contributed by atoms with Gasteiger partial charge in [0.25, 0.3) is 0 Å². The van der Waals surface area contributed by atoms with Gasteiger partial charge in [-0.1, -0.05) is 13.3 Å². The van der Waals surface area contributed by atoms with Gasteiger partial charge < -0.3 is 0 Å². The third kappa shape index (κ3) is 7.48. The summed E-state index contributed by atoms with van der Waals surface area (Å²) in [6.07, 6.45) is 2.57. The van der Waals surface area contributed by atoms with E-state index in [9.17, 15) is 0 Å². The summed E-state index contributed by atoms with van der Waals surface area (Å²) in [5, 5.41) is 0. The van der Waals surface area contributed by atoms with Crippen molar-refractivity contribution in [2.45, 2.75) is 19.8 Å². The molecule has 0 aromatic carbocycles. The van der Waals surface area contributed by atoms with Crippen molar-refractivity contribution in [3.05, 3.63) is 0 Å². The van der Waals surface area contributed by atoms with Gasteiger partial charge in [-0.05, 0) is 12.2 Å². The van der Waals surface area contributed by atoms with Gasteiger partial charge in [-0.3, -0.25) is 0 Å². The van der Waals surface area contributed by atoms with Crippen LogP contribution in [-0.4, -0.2) is 5.75 Å². The van der Waals surface area contributed by atoms with E-state index in [-0.39, 0.29) is 5.53 Å². The predicted molar refractivity (Wildman–Crippen MR) is 52.3 cm³/mol. The highest BCUT2D eigenvalue weighted by Crippen LogP contribution is 2.58. The van der Waals surface area contributed by atoms with Crippen LogP contribution in [0.25, 0.3) is 0 Å². The fourth-order valence-electron chi connectivity index (χ4n) is 0.291. The maximum atomic E-state index is 4.16. The summed E-state index contributed by atoms with van der Waals surface area (Å²) in [4.78, 5) is 0. The lowest BCUT2D eigenvalue weighted by atomic mass is 10.4. The van der Waals surface area contributed by atoms with Crippen molar-refractivity contribution >= 4 is 41.4 Å². The van der Waals surface area contributed by atoms with Gasteiger partial charge in [0, 0.05) is 0 Å². The molecule has 0 aromatic rings. The molecule has 0 aromatic heterocycles. The van der Waals surface area contributed by atoms with E-state index in [1.54, 1.807) is 0 Å². The minimum absolute atomic E-state index is 0.307. The van der Waals surface area contributed by atoms with Gasteiger partial charge in [-0.2, -0.15) is 0 Å². The summed E-state index contributed by atoms with van der Waals surface area (Å²) in [5.41, 5.74) is -0.307. The topological polar surface area (TPSA) is 0 Å². The van der Waals surface area contributed by atoms with E-state index >= 15 is 0 Å². The fourth-order valence-corrected chi connectivity index (χ4v) is 3.22. The monoisotopic (exact) mass is 186 g/mol. The molecule has 0 rings (SSSR count). The van der Waals surface area contributed by atoms with Crippen LogP contribution in [0.2, 0.25) is 0 Å². The lowest BCUT2D eigenvalue weighted by Crippen LogP contribution is -1.70. The molecule has 50 valence electrons. The van der Waals surface area contributed by atoms with Crippen molar-refractivity contribution in [1.29, 1.82) is 0 Å². The Morgan fingerprint density at radius 2 is 2.12 bits per heavy atom. The number of hydrogen-bond donors (Lipinski definition) is 2. The molecule has 0 atom stereocenters. The van der Waals surface area contributed by atoms with Crippen LogP contribution in [0.4, 0.5) is 0 Å². The van der Waals surface area contributed by atoms with Gasteiger partial charge in [-0.15, -0.1) is 35.9 Å². The quantitative estimate of drug-likeness (QED) is 0.384. The van der Waals surface area contributed by atoms with E-state index in [1.807, 2.05) is 11.4 Å². The van der Waals surface area contributed by atoms with Crippen molar-refractivity contribution in [2.75, 3.05) is 5.75 Å². The number of unbranched alkanes of at least 4 members (excludes halogenated alkanes) is 1. The van der Waals surface area contributed by atoms with Crippen molar-refractivity contribution in [3.63, 3.8) is 0 Å². The van der Waals surface area contributed by atoms with Crippen molar-refractivity contribution in [2.24, 2.45) is 0 Å². The highest BCUT2D eigenvalue weighted by Gasteiger charge is 1.92. The first-order valence-electron chi connectivity index (χ1n) is 2.58. The maximum Gasteiger partial charge on any atom is 0.0666 e. The zero-order chi connectivity index (χ0) is 6.41. The van der Waals surface area contributed by atoms with E-state index in [4.69, 9.17) is 0 Å². The van der Waals surface area contributed by atoms with Crippen LogP contribution in [0.3, 0.4) is 0 Å². The summed E-state index contributed by atoms with van der Waals surface area (Å²) in [6, 6.07) is 0. The smallest absolute Gasteiger partial charge is 0.0666 e. The molecule has 0 saturated carbocycles. The molecular formula is C4H11PS3. The van der Waals surface area contributed by atoms with E-state index in [1.165, 1.54) is 18.6 Å². The molecule has 0 saturated heterocycles. The molecular weight excluding hydrogens is 175 g/mol. The zero-order valence-electron chi connectivity index (χ0n) is 4.87. The third-order valence-electron chi connectivity index (χ3n) is 0.705. The van der Waals surface area contributed by atoms with Gasteiger partial charge in [0.1, 0.15) is 0 Å². The second-order valence-corrected chi connectivity index (χ2v) is 9.45. The Morgan fingerprint density at radius 3 is 2.50 bits per heavy atom. The zero-order valence-corrected chi connectivity index (χ0v) is 8.37. The standard InChI is InChI=1S/C4H11PS3/c1-2-3-4-8-5(6)7/h6-7H,2-4H2,1H3. The molecule has 0 spiro atoms. The second-order valence-electron chi connectivity index (χ2n) is 1.44. The van der Waals surface area contributed by atoms with Gasteiger partial charge >= 0.3 is 0 Å². The lowest BCUT2D eigenvalue weighted by molar-refractivity contribution is 0.898. The van der Waals surface area contributed by atoms with Gasteiger partial charge in [-0.25, -0.2) is 0 Å². The summed E-state index contributed by atoms with van der Waals surface area (Å²) in [6.45, 7) is 2.19. The van der Waals surface area contributed by atoms with E-state index in [2.05, 4.69) is 31.4 Å². The van der Waals surface area contributed by atoms with Crippen LogP contribution in [0.15, 0.2) is 0 Å². The summed E-state index contributed by atoms with van der Waals surface area (Å²) in [7, 11) is 0. The minimum Gasteiger partial charge on any atom is -0.130 e. The van der Waals surface area contributed by atoms with E-state index in [0.29, 0.717) is 0 Å². The van der Waals surface area contributed by atoms with Crippen molar-refractivity contribution < 1.29 is 0 Å². The highest BCUT2D eigenvalue weighted by molar-refractivity contribution is 9.06. The number of rotatable bonds is 4. The number of thiol groups is 2. The molecule has 0 radical (unpaired) electrons. The Hall–Kier alpha value is 1.48. The molecule has 0 nitrogen and oxygen atoms in total. The van der Waals surface area contributed by atoms with Crippen molar-refractivity contribution in [3.8, 4) is 0 Å². The molecule has 0 fully saturated rings. The first-order chi connectivity index (χ1) is 3.77. The maximum absolute atomic E-state index is 4.16. The first kappa shape index (κ1) is 9.48. The van der Waals surface area contributed by atoms with Crippen LogP contribution < -0.4 is 0 Å². The molecule has 0 aliphatic rings. The Labute approximate surface area is 67.0 Å². The van der Waals surface area contributed by atoms with Crippen LogP contribution in [-0.2, 0) is 0 Å². The highest BCUT2D eigenvalue weighted by atomic mass is 33.3. The molecule has 4 heteroatoms. The third-order valence-corrected chi connectivity index (χ3v) is 4.73. The Bertz CT molecular complexity index is 48.5. The Morgan fingerprint density at radius 1 is 1.50 bits per heavy atom. The molecule has 0 amide bonds. The van der Waals surface area contributed by atoms with Gasteiger partial charge in [0.15, 0.2) is 0 Å². The van der Waals surface area contributed by atoms with Gasteiger partial charge in [0.2, 0.25) is 0 Å². The summed E-state index contributed by atoms with van der Waals surface area (Å²) >= 11 is 10.2. The average molecular weight is 186 g/mol. The van der Waals surface area contributed by atoms with Crippen LogP contribution in [0.5, 0.6) is 0 Å². The molecule has 0 unspecified atom stereocenters. The second kappa shape index (κ2) is 6.60. The number of hydrogen-bond acceptors (Lipinski definition) is 3. The Balaban J connectivity index is 2.72. The molecule has 0 bridgehead atoms. The molecule has 8 heavy (non-hydrogen) atoms. The van der Waals surface area contributed by atoms with Crippen molar-refractivity contribution in [1.82, 2.24) is 0 Å².